The minimum Gasteiger partial charge on any atom is -0.333 e. The number of fused-ring (bicyclic) bond motifs is 6. The molecule has 8 aromatic carbocycles. The first-order chi connectivity index (χ1) is 30.7. The Kier molecular flexibility index (Phi) is 8.56. The largest absolute Gasteiger partial charge is 0.333 e. The summed E-state index contributed by atoms with van der Waals surface area (Å²) in [7, 11) is 0. The number of aromatic nitrogens is 5. The maximum atomic E-state index is 5.00. The summed E-state index contributed by atoms with van der Waals surface area (Å²) in [6.45, 7) is 0. The van der Waals surface area contributed by atoms with E-state index in [9.17, 15) is 0 Å². The van der Waals surface area contributed by atoms with Gasteiger partial charge in [0.1, 0.15) is 0 Å². The molecule has 3 heterocycles. The van der Waals surface area contributed by atoms with Crippen molar-refractivity contribution in [2.24, 2.45) is 0 Å². The maximum absolute atomic E-state index is 5.00. The van der Waals surface area contributed by atoms with Crippen molar-refractivity contribution in [2.75, 3.05) is 0 Å². The van der Waals surface area contributed by atoms with Crippen molar-refractivity contribution in [2.45, 2.75) is 12.5 Å². The lowest BCUT2D eigenvalue weighted by Crippen LogP contribution is -2.06. The molecule has 0 fully saturated rings. The lowest BCUT2D eigenvalue weighted by molar-refractivity contribution is 0.648. The molecule has 0 bridgehead atoms. The third-order valence-electron chi connectivity index (χ3n) is 12.3. The summed E-state index contributed by atoms with van der Waals surface area (Å²) in [5.74, 6) is 1.94. The van der Waals surface area contributed by atoms with E-state index < -0.39 is 0 Å². The molecule has 62 heavy (non-hydrogen) atoms. The number of rotatable bonds is 7. The molecular formula is C57H39N5. The van der Waals surface area contributed by atoms with Crippen LogP contribution in [0.5, 0.6) is 0 Å². The van der Waals surface area contributed by atoms with Crippen molar-refractivity contribution in [3.63, 3.8) is 0 Å². The number of benzene rings is 8. The summed E-state index contributed by atoms with van der Waals surface area (Å²) in [4.78, 5) is 14.9. The van der Waals surface area contributed by atoms with E-state index in [-0.39, 0.29) is 6.04 Å². The Hall–Kier alpha value is -8.15. The Morgan fingerprint density at radius 1 is 0.387 bits per heavy atom. The molecule has 1 aliphatic carbocycles. The van der Waals surface area contributed by atoms with Gasteiger partial charge >= 0.3 is 0 Å². The Labute approximate surface area is 359 Å². The van der Waals surface area contributed by atoms with E-state index in [1.54, 1.807) is 0 Å². The van der Waals surface area contributed by atoms with Gasteiger partial charge < -0.3 is 9.13 Å². The average molecular weight is 794 g/mol. The minimum absolute atomic E-state index is 0.288. The van der Waals surface area contributed by atoms with E-state index in [2.05, 4.69) is 167 Å². The molecular weight excluding hydrogens is 755 g/mol. The number of nitrogens with zero attached hydrogens (tertiary/aromatic N) is 5. The summed E-state index contributed by atoms with van der Waals surface area (Å²) in [6.07, 6.45) is 9.90. The molecule has 0 N–H and O–H groups in total. The molecule has 1 unspecified atom stereocenters. The second kappa shape index (κ2) is 14.8. The fourth-order valence-electron chi connectivity index (χ4n) is 9.40. The molecule has 0 saturated heterocycles. The topological polar surface area (TPSA) is 48.5 Å². The molecule has 11 aromatic rings. The molecule has 12 rings (SSSR count). The van der Waals surface area contributed by atoms with Crippen LogP contribution >= 0.6 is 0 Å². The van der Waals surface area contributed by atoms with E-state index in [1.165, 1.54) is 49.2 Å². The first kappa shape index (κ1) is 35.8. The lowest BCUT2D eigenvalue weighted by Gasteiger charge is -2.18. The summed E-state index contributed by atoms with van der Waals surface area (Å²) >= 11 is 0. The van der Waals surface area contributed by atoms with Gasteiger partial charge in [-0.1, -0.05) is 170 Å². The highest BCUT2D eigenvalue weighted by atomic mass is 15.0. The second-order valence-electron chi connectivity index (χ2n) is 16.0. The fraction of sp³-hybridized carbons (Fsp3) is 0.0351. The Balaban J connectivity index is 0.933. The average Bonchev–Trinajstić information content (AvgIpc) is 3.87. The third-order valence-corrected chi connectivity index (χ3v) is 12.3. The number of hydrogen-bond donors (Lipinski definition) is 0. The van der Waals surface area contributed by atoms with Crippen LogP contribution < -0.4 is 0 Å². The van der Waals surface area contributed by atoms with Crippen LogP contribution in [-0.4, -0.2) is 24.1 Å². The van der Waals surface area contributed by atoms with Gasteiger partial charge in [0.05, 0.1) is 22.6 Å². The molecule has 0 amide bonds. The van der Waals surface area contributed by atoms with E-state index in [4.69, 9.17) is 15.0 Å². The molecule has 0 saturated carbocycles. The molecule has 1 aliphatic rings. The Morgan fingerprint density at radius 2 is 0.952 bits per heavy atom. The molecule has 5 nitrogen and oxygen atoms in total. The number of allylic oxidation sites excluding steroid dienone is 4. The van der Waals surface area contributed by atoms with E-state index >= 15 is 0 Å². The summed E-state index contributed by atoms with van der Waals surface area (Å²) in [6, 6.07) is 69.3. The zero-order chi connectivity index (χ0) is 41.0. The van der Waals surface area contributed by atoms with Gasteiger partial charge in [0, 0.05) is 49.4 Å². The molecule has 1 atom stereocenters. The first-order valence-corrected chi connectivity index (χ1v) is 21.2. The van der Waals surface area contributed by atoms with Gasteiger partial charge in [-0.2, -0.15) is 0 Å². The summed E-state index contributed by atoms with van der Waals surface area (Å²) in [5, 5.41) is 5.01. The van der Waals surface area contributed by atoms with Crippen LogP contribution in [0.25, 0.3) is 106 Å². The van der Waals surface area contributed by atoms with Crippen LogP contribution in [0.2, 0.25) is 0 Å². The van der Waals surface area contributed by atoms with E-state index in [0.717, 1.165) is 45.4 Å². The van der Waals surface area contributed by atoms with Gasteiger partial charge in [-0.25, -0.2) is 15.0 Å². The van der Waals surface area contributed by atoms with Crippen LogP contribution in [0.1, 0.15) is 12.5 Å². The van der Waals surface area contributed by atoms with Crippen LogP contribution in [0.3, 0.4) is 0 Å². The van der Waals surface area contributed by atoms with E-state index in [1.807, 2.05) is 60.7 Å². The standard InChI is InChI=1S/C57H39N5/c1-4-16-39(17-5-1)55-58-56(40-18-6-2-7-19-40)60-57(59-55)43-21-14-20-41(36-43)42-32-35-52-49(37-42)47-24-10-12-27-50(47)61(52)45-33-30-38(31-34-45)46-26-15-29-53-54(46)48-25-11-13-28-51(48)62(53)44-22-8-3-9-23-44/h1-22,24-37,44H,23H2. The van der Waals surface area contributed by atoms with Crippen molar-refractivity contribution in [3.8, 4) is 62.1 Å². The highest BCUT2D eigenvalue weighted by molar-refractivity contribution is 6.15. The van der Waals surface area contributed by atoms with Crippen molar-refractivity contribution >= 4 is 43.6 Å². The van der Waals surface area contributed by atoms with Crippen LogP contribution in [0, 0.1) is 0 Å². The highest BCUT2D eigenvalue weighted by Gasteiger charge is 2.20. The Morgan fingerprint density at radius 3 is 1.68 bits per heavy atom. The van der Waals surface area contributed by atoms with Gasteiger partial charge in [-0.3, -0.25) is 0 Å². The van der Waals surface area contributed by atoms with Crippen molar-refractivity contribution in [3.05, 3.63) is 218 Å². The van der Waals surface area contributed by atoms with E-state index in [0.29, 0.717) is 17.5 Å². The zero-order valence-electron chi connectivity index (χ0n) is 33.8. The zero-order valence-corrected chi connectivity index (χ0v) is 33.8. The summed E-state index contributed by atoms with van der Waals surface area (Å²) in [5.41, 5.74) is 13.5. The molecule has 0 aliphatic heterocycles. The maximum Gasteiger partial charge on any atom is 0.164 e. The highest BCUT2D eigenvalue weighted by Crippen LogP contribution is 2.41. The SMILES string of the molecule is C1=CCC(n2c3ccccc3c3c(-c4ccc(-n5c6ccccc6c6cc(-c7cccc(-c8nc(-c9ccccc9)nc(-c9ccccc9)n8)c7)ccc65)cc4)cccc32)C=C1. The molecule has 0 radical (unpaired) electrons. The van der Waals surface area contributed by atoms with Crippen molar-refractivity contribution in [1.29, 1.82) is 0 Å². The monoisotopic (exact) mass is 793 g/mol. The van der Waals surface area contributed by atoms with Gasteiger partial charge in [-0.15, -0.1) is 0 Å². The van der Waals surface area contributed by atoms with Crippen molar-refractivity contribution < 1.29 is 0 Å². The number of hydrogen-bond acceptors (Lipinski definition) is 3. The fourth-order valence-corrected chi connectivity index (χ4v) is 9.40. The third kappa shape index (κ3) is 6.05. The van der Waals surface area contributed by atoms with Gasteiger partial charge in [0.25, 0.3) is 0 Å². The predicted molar refractivity (Wildman–Crippen MR) is 256 cm³/mol. The van der Waals surface area contributed by atoms with Crippen molar-refractivity contribution in [1.82, 2.24) is 24.1 Å². The van der Waals surface area contributed by atoms with Crippen LogP contribution in [0.4, 0.5) is 0 Å². The number of para-hydroxylation sites is 2. The normalized spacial score (nSPS) is 13.8. The van der Waals surface area contributed by atoms with Crippen LogP contribution in [-0.2, 0) is 0 Å². The first-order valence-electron chi connectivity index (χ1n) is 21.2. The molecule has 0 spiro atoms. The smallest absolute Gasteiger partial charge is 0.164 e. The quantitative estimate of drug-likeness (QED) is 0.161. The molecule has 5 heteroatoms. The molecule has 292 valence electrons. The minimum atomic E-state index is 0.288. The van der Waals surface area contributed by atoms with Gasteiger partial charge in [-0.05, 0) is 77.2 Å². The summed E-state index contributed by atoms with van der Waals surface area (Å²) < 4.78 is 4.91. The van der Waals surface area contributed by atoms with Crippen LogP contribution in [0.15, 0.2) is 218 Å². The van der Waals surface area contributed by atoms with Gasteiger partial charge in [0.15, 0.2) is 17.5 Å². The Bertz CT molecular complexity index is 3480. The van der Waals surface area contributed by atoms with Gasteiger partial charge in [0.2, 0.25) is 0 Å². The lowest BCUT2D eigenvalue weighted by atomic mass is 9.99. The predicted octanol–water partition coefficient (Wildman–Crippen LogP) is 14.5. The molecule has 3 aromatic heterocycles. The second-order valence-corrected chi connectivity index (χ2v) is 16.0.